The molecule has 50 heavy (non-hydrogen) atoms. The van der Waals surface area contributed by atoms with E-state index in [2.05, 4.69) is 184 Å². The Balaban J connectivity index is 1.44. The highest BCUT2D eigenvalue weighted by molar-refractivity contribution is 7.25. The lowest BCUT2D eigenvalue weighted by Crippen LogP contribution is -2.26. The first-order chi connectivity index (χ1) is 24.4. The Hall–Kier alpha value is -5.44. The molecule has 1 nitrogen and oxygen atoms in total. The van der Waals surface area contributed by atoms with Crippen LogP contribution in [0.2, 0.25) is 0 Å². The van der Waals surface area contributed by atoms with Gasteiger partial charge >= 0.3 is 0 Å². The highest BCUT2D eigenvalue weighted by atomic mass is 32.1. The SMILES string of the molecule is CC1(C)c2ccccc2-c2c(-c3ccc4sc5ccccc5c4c3)c3c(c(N(c4ccccc4)c4ccccc4)c21)C(C)(C)c1ccccc1-3. The van der Waals surface area contributed by atoms with Gasteiger partial charge in [-0.3, -0.25) is 0 Å². The van der Waals surface area contributed by atoms with Crippen LogP contribution in [0.4, 0.5) is 17.1 Å². The van der Waals surface area contributed by atoms with Gasteiger partial charge in [0.25, 0.3) is 0 Å². The van der Waals surface area contributed by atoms with E-state index in [1.165, 1.54) is 92.9 Å². The minimum Gasteiger partial charge on any atom is -0.310 e. The summed E-state index contributed by atoms with van der Waals surface area (Å²) >= 11 is 1.89. The fraction of sp³-hybridized carbons (Fsp3) is 0.125. The molecule has 7 aromatic carbocycles. The molecule has 0 saturated heterocycles. The van der Waals surface area contributed by atoms with E-state index in [9.17, 15) is 0 Å². The van der Waals surface area contributed by atoms with Crippen LogP contribution in [0.5, 0.6) is 0 Å². The number of rotatable bonds is 4. The zero-order valence-corrected chi connectivity index (χ0v) is 29.6. The smallest absolute Gasteiger partial charge is 0.0556 e. The van der Waals surface area contributed by atoms with Crippen LogP contribution in [0.15, 0.2) is 152 Å². The molecule has 10 rings (SSSR count). The summed E-state index contributed by atoms with van der Waals surface area (Å²) in [6.45, 7) is 9.76. The zero-order chi connectivity index (χ0) is 33.8. The van der Waals surface area contributed by atoms with Gasteiger partial charge in [-0.15, -0.1) is 11.3 Å². The van der Waals surface area contributed by atoms with Gasteiger partial charge in [-0.05, 0) is 98.1 Å². The van der Waals surface area contributed by atoms with Gasteiger partial charge in [0.05, 0.1) is 5.69 Å². The van der Waals surface area contributed by atoms with Crippen LogP contribution in [0.3, 0.4) is 0 Å². The first-order valence-corrected chi connectivity index (χ1v) is 18.4. The monoisotopic (exact) mass is 659 g/mol. The molecule has 0 radical (unpaired) electrons. The van der Waals surface area contributed by atoms with Crippen LogP contribution < -0.4 is 4.90 Å². The second-order valence-corrected chi connectivity index (χ2v) is 16.0. The van der Waals surface area contributed by atoms with Crippen molar-refractivity contribution in [2.45, 2.75) is 38.5 Å². The average molecular weight is 660 g/mol. The molecule has 0 unspecified atom stereocenters. The van der Waals surface area contributed by atoms with Crippen molar-refractivity contribution in [3.63, 3.8) is 0 Å². The molecule has 2 aliphatic rings. The number of hydrogen-bond donors (Lipinski definition) is 0. The molecule has 0 fully saturated rings. The summed E-state index contributed by atoms with van der Waals surface area (Å²) in [6, 6.07) is 56.4. The Morgan fingerprint density at radius 1 is 0.440 bits per heavy atom. The molecule has 8 aromatic rings. The summed E-state index contributed by atoms with van der Waals surface area (Å²) in [5.74, 6) is 0. The summed E-state index contributed by atoms with van der Waals surface area (Å²) < 4.78 is 2.67. The Morgan fingerprint density at radius 2 is 0.920 bits per heavy atom. The van der Waals surface area contributed by atoms with Crippen LogP contribution in [0.1, 0.15) is 49.9 Å². The van der Waals surface area contributed by atoms with E-state index in [1.54, 1.807) is 0 Å². The maximum atomic E-state index is 2.55. The topological polar surface area (TPSA) is 3.24 Å². The van der Waals surface area contributed by atoms with Crippen molar-refractivity contribution in [3.05, 3.63) is 174 Å². The number of para-hydroxylation sites is 2. The number of hydrogen-bond acceptors (Lipinski definition) is 2. The van der Waals surface area contributed by atoms with Crippen molar-refractivity contribution in [3.8, 4) is 33.4 Å². The summed E-state index contributed by atoms with van der Waals surface area (Å²) in [5.41, 5.74) is 16.7. The van der Waals surface area contributed by atoms with E-state index in [4.69, 9.17) is 0 Å². The van der Waals surface area contributed by atoms with Gasteiger partial charge in [-0.2, -0.15) is 0 Å². The molecule has 240 valence electrons. The van der Waals surface area contributed by atoms with Crippen LogP contribution in [0.25, 0.3) is 53.6 Å². The standard InChI is InChI=1S/C48H37NS/c1-47(2)37-24-14-11-22-34(37)42-41(30-27-28-40-36(29-30)33-21-13-16-26-39(33)50-40)43-35-23-12-15-25-38(35)48(3,4)45(43)46(44(42)47)49(31-17-7-5-8-18-31)32-19-9-6-10-20-32/h5-29H,1-4H3. The van der Waals surface area contributed by atoms with Gasteiger partial charge < -0.3 is 4.90 Å². The van der Waals surface area contributed by atoms with E-state index in [0.717, 1.165) is 0 Å². The molecule has 0 atom stereocenters. The number of fused-ring (bicyclic) bond motifs is 9. The van der Waals surface area contributed by atoms with Gasteiger partial charge in [0, 0.05) is 42.4 Å². The molecule has 0 N–H and O–H groups in total. The van der Waals surface area contributed by atoms with Crippen LogP contribution in [0, 0.1) is 0 Å². The molecule has 0 aliphatic heterocycles. The normalized spacial score (nSPS) is 14.7. The molecule has 2 heteroatoms. The van der Waals surface area contributed by atoms with E-state index in [1.807, 2.05) is 11.3 Å². The second kappa shape index (κ2) is 10.5. The molecule has 2 aliphatic carbocycles. The second-order valence-electron chi connectivity index (χ2n) is 14.9. The fourth-order valence-electron chi connectivity index (χ4n) is 9.21. The van der Waals surface area contributed by atoms with Crippen molar-refractivity contribution in [1.82, 2.24) is 0 Å². The first-order valence-electron chi connectivity index (χ1n) is 17.6. The summed E-state index contributed by atoms with van der Waals surface area (Å²) in [4.78, 5) is 2.55. The lowest BCUT2D eigenvalue weighted by atomic mass is 9.73. The fourth-order valence-corrected chi connectivity index (χ4v) is 10.3. The summed E-state index contributed by atoms with van der Waals surface area (Å²) in [7, 11) is 0. The number of anilines is 3. The van der Waals surface area contributed by atoms with Gasteiger partial charge in [-0.25, -0.2) is 0 Å². The quantitative estimate of drug-likeness (QED) is 0.182. The molecule has 0 saturated carbocycles. The third-order valence-electron chi connectivity index (χ3n) is 11.4. The maximum absolute atomic E-state index is 2.55. The molecule has 1 aromatic heterocycles. The predicted molar refractivity (Wildman–Crippen MR) is 215 cm³/mol. The molecule has 0 amide bonds. The van der Waals surface area contributed by atoms with Crippen LogP contribution in [-0.4, -0.2) is 0 Å². The van der Waals surface area contributed by atoms with Crippen molar-refractivity contribution < 1.29 is 0 Å². The molecular formula is C48H37NS. The Bertz CT molecular complexity index is 2520. The van der Waals surface area contributed by atoms with Crippen molar-refractivity contribution in [2.24, 2.45) is 0 Å². The van der Waals surface area contributed by atoms with E-state index >= 15 is 0 Å². The summed E-state index contributed by atoms with van der Waals surface area (Å²) in [5, 5.41) is 2.67. The molecule has 0 bridgehead atoms. The molecule has 0 spiro atoms. The largest absolute Gasteiger partial charge is 0.310 e. The highest BCUT2D eigenvalue weighted by Gasteiger charge is 2.48. The average Bonchev–Trinajstić information content (AvgIpc) is 3.72. The van der Waals surface area contributed by atoms with Gasteiger partial charge in [0.2, 0.25) is 0 Å². The molecular weight excluding hydrogens is 623 g/mol. The van der Waals surface area contributed by atoms with E-state index < -0.39 is 0 Å². The van der Waals surface area contributed by atoms with Crippen LogP contribution in [-0.2, 0) is 10.8 Å². The minimum absolute atomic E-state index is 0.253. The van der Waals surface area contributed by atoms with E-state index in [0.29, 0.717) is 0 Å². The van der Waals surface area contributed by atoms with Gasteiger partial charge in [0.15, 0.2) is 0 Å². The lowest BCUT2D eigenvalue weighted by molar-refractivity contribution is 0.640. The van der Waals surface area contributed by atoms with Crippen molar-refractivity contribution in [2.75, 3.05) is 4.90 Å². The van der Waals surface area contributed by atoms with Gasteiger partial charge in [0.1, 0.15) is 0 Å². The Kier molecular flexibility index (Phi) is 6.21. The minimum atomic E-state index is -0.253. The third kappa shape index (κ3) is 3.94. The van der Waals surface area contributed by atoms with Gasteiger partial charge in [-0.1, -0.05) is 137 Å². The van der Waals surface area contributed by atoms with Crippen molar-refractivity contribution in [1.29, 1.82) is 0 Å². The highest BCUT2D eigenvalue weighted by Crippen LogP contribution is 2.66. The van der Waals surface area contributed by atoms with Crippen LogP contribution >= 0.6 is 11.3 Å². The predicted octanol–water partition coefficient (Wildman–Crippen LogP) is 13.8. The lowest BCUT2D eigenvalue weighted by Gasteiger charge is -2.38. The Morgan fingerprint density at radius 3 is 1.50 bits per heavy atom. The zero-order valence-electron chi connectivity index (χ0n) is 28.8. The maximum Gasteiger partial charge on any atom is 0.0556 e. The van der Waals surface area contributed by atoms with Crippen molar-refractivity contribution >= 4 is 48.6 Å². The number of benzene rings is 7. The number of thiophene rings is 1. The first kappa shape index (κ1) is 29.5. The van der Waals surface area contributed by atoms with E-state index in [-0.39, 0.29) is 10.8 Å². The Labute approximate surface area is 298 Å². The third-order valence-corrected chi connectivity index (χ3v) is 12.5. The molecule has 1 heterocycles. The number of nitrogens with zero attached hydrogens (tertiary/aromatic N) is 1. The summed E-state index contributed by atoms with van der Waals surface area (Å²) in [6.07, 6.45) is 0.